The first-order chi connectivity index (χ1) is 12.7. The van der Waals surface area contributed by atoms with Gasteiger partial charge in [0, 0.05) is 14.1 Å². The Hall–Kier alpha value is -2.38. The summed E-state index contributed by atoms with van der Waals surface area (Å²) >= 11 is 0. The average Bonchev–Trinajstić information content (AvgIpc) is 3.01. The maximum atomic E-state index is 12.6. The van der Waals surface area contributed by atoms with Crippen molar-refractivity contribution in [2.75, 3.05) is 0 Å². The van der Waals surface area contributed by atoms with E-state index in [-0.39, 0.29) is 29.8 Å². The molecule has 0 radical (unpaired) electrons. The zero-order valence-corrected chi connectivity index (χ0v) is 16.6. The second-order valence-electron chi connectivity index (χ2n) is 8.10. The number of esters is 1. The molecule has 148 valence electrons. The summed E-state index contributed by atoms with van der Waals surface area (Å²) in [6.07, 6.45) is 4.41. The van der Waals surface area contributed by atoms with Crippen molar-refractivity contribution in [3.8, 4) is 0 Å². The number of rotatable bonds is 4. The Bertz CT molecular complexity index is 968. The molecule has 2 heterocycles. The number of ether oxygens (including phenoxy) is 1. The van der Waals surface area contributed by atoms with Gasteiger partial charge >= 0.3 is 11.7 Å². The first-order valence-electron chi connectivity index (χ1n) is 9.51. The first kappa shape index (κ1) is 19.4. The largest absolute Gasteiger partial charge is 0.461 e. The number of hydrogen-bond donors (Lipinski definition) is 0. The maximum absolute atomic E-state index is 12.6. The van der Waals surface area contributed by atoms with E-state index >= 15 is 0 Å². The van der Waals surface area contributed by atoms with Crippen LogP contribution in [0.3, 0.4) is 0 Å². The third-order valence-electron chi connectivity index (χ3n) is 5.76. The molecule has 0 spiro atoms. The van der Waals surface area contributed by atoms with Gasteiger partial charge in [-0.05, 0) is 30.6 Å². The highest BCUT2D eigenvalue weighted by Gasteiger charge is 2.33. The zero-order valence-electron chi connectivity index (χ0n) is 16.6. The first-order valence-corrected chi connectivity index (χ1v) is 9.51. The van der Waals surface area contributed by atoms with E-state index < -0.39 is 11.2 Å². The molecule has 1 aliphatic carbocycles. The highest BCUT2D eigenvalue weighted by molar-refractivity contribution is 5.75. The minimum atomic E-state index is -0.468. The molecule has 0 unspecified atom stereocenters. The Morgan fingerprint density at radius 1 is 1.26 bits per heavy atom. The molecule has 0 N–H and O–H groups in total. The Balaban J connectivity index is 1.84. The summed E-state index contributed by atoms with van der Waals surface area (Å²) in [6.45, 7) is 6.41. The minimum absolute atomic E-state index is 0.0942. The number of aromatic nitrogens is 4. The molecule has 0 amide bonds. The molecular formula is C19H28N4O4. The molecule has 3 atom stereocenters. The third-order valence-corrected chi connectivity index (χ3v) is 5.76. The van der Waals surface area contributed by atoms with Gasteiger partial charge in [0.15, 0.2) is 11.2 Å². The molecule has 2 aromatic rings. The van der Waals surface area contributed by atoms with Crippen LogP contribution in [-0.4, -0.2) is 30.8 Å². The van der Waals surface area contributed by atoms with Gasteiger partial charge in [0.2, 0.25) is 0 Å². The summed E-state index contributed by atoms with van der Waals surface area (Å²) in [5, 5.41) is 0. The van der Waals surface area contributed by atoms with E-state index in [9.17, 15) is 14.4 Å². The van der Waals surface area contributed by atoms with Gasteiger partial charge in [0.05, 0.1) is 6.33 Å². The quantitative estimate of drug-likeness (QED) is 0.754. The van der Waals surface area contributed by atoms with Crippen molar-refractivity contribution in [3.63, 3.8) is 0 Å². The number of imidazole rings is 1. The molecule has 8 heteroatoms. The van der Waals surface area contributed by atoms with E-state index in [0.717, 1.165) is 23.8 Å². The van der Waals surface area contributed by atoms with Crippen LogP contribution < -0.4 is 11.2 Å². The van der Waals surface area contributed by atoms with Crippen LogP contribution in [0.25, 0.3) is 11.2 Å². The molecule has 1 saturated carbocycles. The highest BCUT2D eigenvalue weighted by atomic mass is 16.5. The Labute approximate surface area is 157 Å². The van der Waals surface area contributed by atoms with Crippen molar-refractivity contribution in [1.82, 2.24) is 18.7 Å². The number of hydrogen-bond acceptors (Lipinski definition) is 5. The van der Waals surface area contributed by atoms with E-state index in [1.807, 2.05) is 0 Å². The van der Waals surface area contributed by atoms with Gasteiger partial charge < -0.3 is 9.30 Å². The number of carbonyl (C=O) groups excluding carboxylic acids is 1. The SMILES string of the molecule is CC(C)[C@@H]1CC[C@@H](C)C[C@@H]1OC(=O)Cn1cnc2c1c(=O)n(C)c(=O)n2C. The summed E-state index contributed by atoms with van der Waals surface area (Å²) in [5.41, 5.74) is -0.419. The van der Waals surface area contributed by atoms with Crippen LogP contribution in [0.5, 0.6) is 0 Å². The predicted molar refractivity (Wildman–Crippen MR) is 101 cm³/mol. The number of carbonyl (C=O) groups is 1. The fraction of sp³-hybridized carbons (Fsp3) is 0.684. The molecule has 0 aromatic carbocycles. The van der Waals surface area contributed by atoms with Crippen molar-refractivity contribution < 1.29 is 9.53 Å². The summed E-state index contributed by atoms with van der Waals surface area (Å²) in [4.78, 5) is 41.2. The second kappa shape index (κ2) is 7.32. The molecule has 8 nitrogen and oxygen atoms in total. The molecule has 0 saturated heterocycles. The molecule has 2 aromatic heterocycles. The van der Waals surface area contributed by atoms with Crippen LogP contribution >= 0.6 is 0 Å². The molecular weight excluding hydrogens is 348 g/mol. The molecule has 3 rings (SSSR count). The molecule has 1 aliphatic rings. The van der Waals surface area contributed by atoms with Gasteiger partial charge in [-0.2, -0.15) is 0 Å². The van der Waals surface area contributed by atoms with Crippen LogP contribution in [0.15, 0.2) is 15.9 Å². The van der Waals surface area contributed by atoms with E-state index in [0.29, 0.717) is 17.8 Å². The van der Waals surface area contributed by atoms with Crippen molar-refractivity contribution in [1.29, 1.82) is 0 Å². The molecule has 0 aliphatic heterocycles. The molecule has 1 fully saturated rings. The van der Waals surface area contributed by atoms with Crippen molar-refractivity contribution in [3.05, 3.63) is 27.2 Å². The van der Waals surface area contributed by atoms with E-state index in [1.54, 1.807) is 7.05 Å². The maximum Gasteiger partial charge on any atom is 0.332 e. The van der Waals surface area contributed by atoms with Crippen LogP contribution in [0, 0.1) is 17.8 Å². The van der Waals surface area contributed by atoms with Crippen molar-refractivity contribution >= 4 is 17.1 Å². The summed E-state index contributed by atoms with van der Waals surface area (Å²) in [5.74, 6) is 0.966. The normalized spacial score (nSPS) is 23.1. The standard InChI is InChI=1S/C19H28N4O4/c1-11(2)13-7-6-12(3)8-14(13)27-15(24)9-23-10-20-17-16(23)18(25)22(5)19(26)21(17)4/h10-14H,6-9H2,1-5H3/t12-,13+,14+/m1/s1. The number of nitrogens with zero attached hydrogens (tertiary/aromatic N) is 4. The minimum Gasteiger partial charge on any atom is -0.461 e. The third kappa shape index (κ3) is 3.57. The predicted octanol–water partition coefficient (Wildman–Crippen LogP) is 1.44. The Morgan fingerprint density at radius 2 is 1.96 bits per heavy atom. The van der Waals surface area contributed by atoms with E-state index in [1.165, 1.54) is 22.5 Å². The van der Waals surface area contributed by atoms with Gasteiger partial charge in [-0.1, -0.05) is 27.2 Å². The number of fused-ring (bicyclic) bond motifs is 1. The lowest BCUT2D eigenvalue weighted by atomic mass is 9.75. The average molecular weight is 376 g/mol. The molecule has 0 bridgehead atoms. The van der Waals surface area contributed by atoms with Crippen LogP contribution in [0.2, 0.25) is 0 Å². The zero-order chi connectivity index (χ0) is 19.9. The fourth-order valence-electron chi connectivity index (χ4n) is 4.11. The number of aryl methyl sites for hydroxylation is 1. The van der Waals surface area contributed by atoms with E-state index in [4.69, 9.17) is 4.74 Å². The van der Waals surface area contributed by atoms with Crippen molar-refractivity contribution in [2.45, 2.75) is 52.7 Å². The monoisotopic (exact) mass is 376 g/mol. The topological polar surface area (TPSA) is 88.1 Å². The van der Waals surface area contributed by atoms with Crippen LogP contribution in [-0.2, 0) is 30.2 Å². The summed E-state index contributed by atoms with van der Waals surface area (Å²) in [6, 6.07) is 0. The fourth-order valence-corrected chi connectivity index (χ4v) is 4.11. The van der Waals surface area contributed by atoms with Gasteiger partial charge in [-0.15, -0.1) is 0 Å². The lowest BCUT2D eigenvalue weighted by molar-refractivity contribution is -0.156. The van der Waals surface area contributed by atoms with Crippen LogP contribution in [0.1, 0.15) is 40.0 Å². The van der Waals surface area contributed by atoms with Crippen molar-refractivity contribution in [2.24, 2.45) is 31.8 Å². The smallest absolute Gasteiger partial charge is 0.332 e. The van der Waals surface area contributed by atoms with Gasteiger partial charge in [0.25, 0.3) is 5.56 Å². The van der Waals surface area contributed by atoms with Crippen LogP contribution in [0.4, 0.5) is 0 Å². The van der Waals surface area contributed by atoms with Gasteiger partial charge in [-0.3, -0.25) is 18.7 Å². The second-order valence-corrected chi connectivity index (χ2v) is 8.10. The highest BCUT2D eigenvalue weighted by Crippen LogP contribution is 2.35. The summed E-state index contributed by atoms with van der Waals surface area (Å²) < 4.78 is 9.60. The van der Waals surface area contributed by atoms with Gasteiger partial charge in [0.1, 0.15) is 12.6 Å². The molecule has 27 heavy (non-hydrogen) atoms. The lowest BCUT2D eigenvalue weighted by Gasteiger charge is -2.36. The Kier molecular flexibility index (Phi) is 5.26. The van der Waals surface area contributed by atoms with E-state index in [2.05, 4.69) is 25.8 Å². The Morgan fingerprint density at radius 3 is 2.63 bits per heavy atom. The lowest BCUT2D eigenvalue weighted by Crippen LogP contribution is -2.38. The summed E-state index contributed by atoms with van der Waals surface area (Å²) in [7, 11) is 2.97. The van der Waals surface area contributed by atoms with Gasteiger partial charge in [-0.25, -0.2) is 9.78 Å².